The van der Waals surface area contributed by atoms with Crippen LogP contribution >= 0.6 is 0 Å². The van der Waals surface area contributed by atoms with Crippen LogP contribution in [0, 0.1) is 16.7 Å². The summed E-state index contributed by atoms with van der Waals surface area (Å²) in [7, 11) is 1.59. The lowest BCUT2D eigenvalue weighted by atomic mass is 9.40. The summed E-state index contributed by atoms with van der Waals surface area (Å²) in [5, 5.41) is 4.10. The van der Waals surface area contributed by atoms with Gasteiger partial charge < -0.3 is 9.09 Å². The van der Waals surface area contributed by atoms with Gasteiger partial charge in [0.05, 0.1) is 5.41 Å². The van der Waals surface area contributed by atoms with E-state index in [4.69, 9.17) is 4.52 Å². The van der Waals surface area contributed by atoms with Crippen LogP contribution in [0.3, 0.4) is 0 Å². The van der Waals surface area contributed by atoms with Gasteiger partial charge in [0, 0.05) is 13.2 Å². The fourth-order valence-electron chi connectivity index (χ4n) is 6.96. The van der Waals surface area contributed by atoms with Crippen LogP contribution in [-0.2, 0) is 12.5 Å². The number of aromatic nitrogens is 4. The highest BCUT2D eigenvalue weighted by Crippen LogP contribution is 2.69. The molecule has 0 aliphatic heterocycles. The molecule has 2 aromatic rings. The van der Waals surface area contributed by atoms with Crippen molar-refractivity contribution in [3.05, 3.63) is 32.9 Å². The molecule has 2 aromatic heterocycles. The van der Waals surface area contributed by atoms with E-state index < -0.39 is 11.2 Å². The van der Waals surface area contributed by atoms with Crippen molar-refractivity contribution < 1.29 is 4.52 Å². The quantitative estimate of drug-likeness (QED) is 0.891. The zero-order valence-corrected chi connectivity index (χ0v) is 15.5. The van der Waals surface area contributed by atoms with Crippen molar-refractivity contribution in [1.29, 1.82) is 0 Å². The van der Waals surface area contributed by atoms with Crippen LogP contribution in [0.4, 0.5) is 0 Å². The molecule has 4 aliphatic rings. The van der Waals surface area contributed by atoms with E-state index in [1.54, 1.807) is 7.05 Å². The van der Waals surface area contributed by atoms with Crippen LogP contribution in [0.2, 0.25) is 0 Å². The number of rotatable bonds is 2. The second-order valence-electron chi connectivity index (χ2n) is 9.75. The number of nitrogens with one attached hydrogen (secondary N) is 1. The molecule has 7 nitrogen and oxygen atoms in total. The predicted molar refractivity (Wildman–Crippen MR) is 94.7 cm³/mol. The van der Waals surface area contributed by atoms with Crippen molar-refractivity contribution in [2.75, 3.05) is 0 Å². The van der Waals surface area contributed by atoms with E-state index in [9.17, 15) is 9.59 Å². The maximum atomic E-state index is 12.2. The number of H-pyrrole nitrogens is 1. The first-order valence-corrected chi connectivity index (χ1v) is 9.34. The van der Waals surface area contributed by atoms with Gasteiger partial charge in [0.2, 0.25) is 11.7 Å². The van der Waals surface area contributed by atoms with Crippen molar-refractivity contribution in [1.82, 2.24) is 19.7 Å². The van der Waals surface area contributed by atoms with Crippen LogP contribution in [0.1, 0.15) is 58.3 Å². The maximum absolute atomic E-state index is 12.2. The van der Waals surface area contributed by atoms with Gasteiger partial charge in [0.25, 0.3) is 5.56 Å². The minimum absolute atomic E-state index is 0.0679. The van der Waals surface area contributed by atoms with Gasteiger partial charge in [-0.25, -0.2) is 4.79 Å². The molecule has 2 heterocycles. The van der Waals surface area contributed by atoms with E-state index in [0.717, 1.165) is 25.2 Å². The van der Waals surface area contributed by atoms with Gasteiger partial charge in [-0.1, -0.05) is 19.0 Å². The first kappa shape index (κ1) is 16.0. The summed E-state index contributed by atoms with van der Waals surface area (Å²) in [6, 6.07) is 0. The largest absolute Gasteiger partial charge is 0.338 e. The lowest BCUT2D eigenvalue weighted by Gasteiger charge is -2.64. The molecule has 26 heavy (non-hydrogen) atoms. The zero-order chi connectivity index (χ0) is 18.3. The third-order valence-corrected chi connectivity index (χ3v) is 6.86. The standard InChI is InChI=1S/C19H24N4O3/c1-17-4-11-5-18(2,8-17)10-19(6-11,9-17)15-20-13(22-26-15)12-7-23(3)16(25)21-14(12)24/h7,11H,4-6,8-10H2,1-3H3,(H,21,24,25). The average Bonchev–Trinajstić information content (AvgIpc) is 2.97. The Bertz CT molecular complexity index is 998. The van der Waals surface area contributed by atoms with Gasteiger partial charge in [-0.15, -0.1) is 0 Å². The number of aromatic amines is 1. The van der Waals surface area contributed by atoms with Gasteiger partial charge in [0.1, 0.15) is 5.56 Å². The summed E-state index contributed by atoms with van der Waals surface area (Å²) in [5.74, 6) is 1.66. The van der Waals surface area contributed by atoms with Gasteiger partial charge >= 0.3 is 5.69 Å². The molecule has 4 fully saturated rings. The Labute approximate surface area is 150 Å². The van der Waals surface area contributed by atoms with Crippen LogP contribution in [0.25, 0.3) is 11.4 Å². The lowest BCUT2D eigenvalue weighted by molar-refractivity contribution is -0.118. The topological polar surface area (TPSA) is 93.8 Å². The smallest absolute Gasteiger partial charge is 0.328 e. The molecule has 0 amide bonds. The molecule has 138 valence electrons. The predicted octanol–water partition coefficient (Wildman–Crippen LogP) is 2.37. The van der Waals surface area contributed by atoms with Gasteiger partial charge in [-0.2, -0.15) is 4.98 Å². The first-order valence-electron chi connectivity index (χ1n) is 9.34. The third-order valence-electron chi connectivity index (χ3n) is 6.86. The Morgan fingerprint density at radius 1 is 1.15 bits per heavy atom. The molecule has 1 N–H and O–H groups in total. The van der Waals surface area contributed by atoms with Crippen molar-refractivity contribution in [3.8, 4) is 11.4 Å². The normalized spacial score (nSPS) is 38.0. The Morgan fingerprint density at radius 2 is 1.85 bits per heavy atom. The molecular weight excluding hydrogens is 332 g/mol. The summed E-state index contributed by atoms with van der Waals surface area (Å²) in [6.07, 6.45) is 8.60. The van der Waals surface area contributed by atoms with Crippen LogP contribution in [0.15, 0.2) is 20.3 Å². The minimum atomic E-state index is -0.482. The summed E-state index contributed by atoms with van der Waals surface area (Å²) >= 11 is 0. The maximum Gasteiger partial charge on any atom is 0.328 e. The monoisotopic (exact) mass is 356 g/mol. The Hall–Kier alpha value is -2.18. The van der Waals surface area contributed by atoms with Crippen molar-refractivity contribution in [3.63, 3.8) is 0 Å². The van der Waals surface area contributed by atoms with Gasteiger partial charge in [-0.05, 0) is 55.3 Å². The molecule has 0 spiro atoms. The van der Waals surface area contributed by atoms with E-state index in [1.807, 2.05) is 0 Å². The van der Waals surface area contributed by atoms with Crippen LogP contribution in [0.5, 0.6) is 0 Å². The Balaban J connectivity index is 1.58. The van der Waals surface area contributed by atoms with E-state index in [1.165, 1.54) is 30.0 Å². The van der Waals surface area contributed by atoms with Gasteiger partial charge in [-0.3, -0.25) is 9.78 Å². The molecule has 2 unspecified atom stereocenters. The second-order valence-corrected chi connectivity index (χ2v) is 9.75. The molecule has 4 bridgehead atoms. The molecule has 6 rings (SSSR count). The molecule has 4 saturated carbocycles. The zero-order valence-electron chi connectivity index (χ0n) is 15.5. The van der Waals surface area contributed by atoms with E-state index in [0.29, 0.717) is 16.7 Å². The molecular formula is C19H24N4O3. The molecule has 7 heteroatoms. The number of nitrogens with zero attached hydrogens (tertiary/aromatic N) is 3. The van der Waals surface area contributed by atoms with Gasteiger partial charge in [0.15, 0.2) is 0 Å². The van der Waals surface area contributed by atoms with Crippen molar-refractivity contribution in [2.45, 2.75) is 57.8 Å². The summed E-state index contributed by atoms with van der Waals surface area (Å²) < 4.78 is 7.04. The molecule has 4 aliphatic carbocycles. The summed E-state index contributed by atoms with van der Waals surface area (Å²) in [6.45, 7) is 4.80. The molecule has 2 atom stereocenters. The highest BCUT2D eigenvalue weighted by Gasteiger charge is 2.62. The first-order chi connectivity index (χ1) is 12.2. The van der Waals surface area contributed by atoms with E-state index >= 15 is 0 Å². The van der Waals surface area contributed by atoms with Crippen molar-refractivity contribution >= 4 is 0 Å². The van der Waals surface area contributed by atoms with E-state index in [2.05, 4.69) is 29.0 Å². The average molecular weight is 356 g/mol. The second kappa shape index (κ2) is 4.75. The fraction of sp³-hybridized carbons (Fsp3) is 0.684. The Morgan fingerprint density at radius 3 is 2.50 bits per heavy atom. The Kier molecular flexibility index (Phi) is 2.93. The molecule has 0 radical (unpaired) electrons. The molecule has 0 aromatic carbocycles. The van der Waals surface area contributed by atoms with E-state index in [-0.39, 0.29) is 16.8 Å². The highest BCUT2D eigenvalue weighted by atomic mass is 16.5. The molecule has 0 saturated heterocycles. The summed E-state index contributed by atoms with van der Waals surface area (Å²) in [5.41, 5.74) is -0.0476. The summed E-state index contributed by atoms with van der Waals surface area (Å²) in [4.78, 5) is 30.7. The van der Waals surface area contributed by atoms with Crippen LogP contribution < -0.4 is 11.2 Å². The van der Waals surface area contributed by atoms with Crippen LogP contribution in [-0.4, -0.2) is 19.7 Å². The van der Waals surface area contributed by atoms with Crippen molar-refractivity contribution in [2.24, 2.45) is 23.8 Å². The third kappa shape index (κ3) is 2.18. The number of hydrogen-bond acceptors (Lipinski definition) is 5. The fourth-order valence-corrected chi connectivity index (χ4v) is 6.96. The highest BCUT2D eigenvalue weighted by molar-refractivity contribution is 5.51. The lowest BCUT2D eigenvalue weighted by Crippen LogP contribution is -2.57. The SMILES string of the molecule is Cn1cc(-c2noc(C34CC5CC(C)(CC(C)(C5)C3)C4)n2)c(=O)[nH]c1=O. The minimum Gasteiger partial charge on any atom is -0.338 e. The number of aryl methyl sites for hydroxylation is 1. The number of hydrogen-bond donors (Lipinski definition) is 1.